The van der Waals surface area contributed by atoms with E-state index in [4.69, 9.17) is 9.47 Å². The standard InChI is InChI=1S/C19H21BrN2O5/c20-15-3-1-14(2-4-15)19-12-21(9-10-26-19)11-17(23)13-27-18-7-5-16(6-8-18)22(24)25/h1-8,17,19,23H,9-13H2. The maximum Gasteiger partial charge on any atom is 0.269 e. The van der Waals surface area contributed by atoms with E-state index >= 15 is 0 Å². The number of rotatable bonds is 7. The van der Waals surface area contributed by atoms with Crippen LogP contribution in [-0.2, 0) is 4.74 Å². The molecular weight excluding hydrogens is 416 g/mol. The smallest absolute Gasteiger partial charge is 0.269 e. The van der Waals surface area contributed by atoms with Crippen molar-refractivity contribution in [3.05, 3.63) is 68.7 Å². The number of morpholine rings is 1. The first-order chi connectivity index (χ1) is 13.0. The van der Waals surface area contributed by atoms with Crippen molar-refractivity contribution in [2.45, 2.75) is 12.2 Å². The highest BCUT2D eigenvalue weighted by Crippen LogP contribution is 2.24. The summed E-state index contributed by atoms with van der Waals surface area (Å²) in [6.07, 6.45) is -0.682. The van der Waals surface area contributed by atoms with Gasteiger partial charge in [-0.25, -0.2) is 0 Å². The topological polar surface area (TPSA) is 85.1 Å². The van der Waals surface area contributed by atoms with Crippen LogP contribution in [0.2, 0.25) is 0 Å². The molecule has 7 nitrogen and oxygen atoms in total. The van der Waals surface area contributed by atoms with E-state index in [0.717, 1.165) is 16.6 Å². The van der Waals surface area contributed by atoms with Gasteiger partial charge in [0.25, 0.3) is 5.69 Å². The third kappa shape index (κ3) is 5.74. The molecule has 0 bridgehead atoms. The molecule has 3 rings (SSSR count). The lowest BCUT2D eigenvalue weighted by Crippen LogP contribution is -2.43. The van der Waals surface area contributed by atoms with Crippen LogP contribution in [0.15, 0.2) is 53.0 Å². The van der Waals surface area contributed by atoms with Crippen LogP contribution in [-0.4, -0.2) is 53.9 Å². The Morgan fingerprint density at radius 1 is 1.26 bits per heavy atom. The van der Waals surface area contributed by atoms with E-state index in [2.05, 4.69) is 20.8 Å². The van der Waals surface area contributed by atoms with Gasteiger partial charge in [-0.05, 0) is 29.8 Å². The molecule has 0 aromatic heterocycles. The van der Waals surface area contributed by atoms with Crippen LogP contribution in [0.4, 0.5) is 5.69 Å². The van der Waals surface area contributed by atoms with E-state index in [9.17, 15) is 15.2 Å². The molecule has 1 aliphatic heterocycles. The molecular formula is C19H21BrN2O5. The molecule has 0 spiro atoms. The van der Waals surface area contributed by atoms with Gasteiger partial charge >= 0.3 is 0 Å². The fourth-order valence-electron chi connectivity index (χ4n) is 2.95. The number of non-ortho nitro benzene ring substituents is 1. The first-order valence-corrected chi connectivity index (χ1v) is 9.45. The molecule has 0 radical (unpaired) electrons. The van der Waals surface area contributed by atoms with Crippen molar-refractivity contribution in [3.63, 3.8) is 0 Å². The summed E-state index contributed by atoms with van der Waals surface area (Å²) in [6.45, 7) is 2.66. The van der Waals surface area contributed by atoms with Crippen LogP contribution < -0.4 is 4.74 Å². The maximum absolute atomic E-state index is 10.7. The van der Waals surface area contributed by atoms with Crippen molar-refractivity contribution in [3.8, 4) is 5.75 Å². The number of benzene rings is 2. The molecule has 2 aromatic carbocycles. The average Bonchev–Trinajstić information content (AvgIpc) is 2.67. The van der Waals surface area contributed by atoms with Crippen LogP contribution in [0.25, 0.3) is 0 Å². The summed E-state index contributed by atoms with van der Waals surface area (Å²) in [6, 6.07) is 13.9. The molecule has 1 aliphatic rings. The van der Waals surface area contributed by atoms with E-state index in [1.807, 2.05) is 24.3 Å². The molecule has 1 saturated heterocycles. The van der Waals surface area contributed by atoms with Gasteiger partial charge in [0.05, 0.1) is 17.6 Å². The largest absolute Gasteiger partial charge is 0.491 e. The summed E-state index contributed by atoms with van der Waals surface area (Å²) < 4.78 is 12.4. The third-order valence-electron chi connectivity index (χ3n) is 4.35. The van der Waals surface area contributed by atoms with Crippen LogP contribution >= 0.6 is 15.9 Å². The van der Waals surface area contributed by atoms with Gasteiger partial charge in [-0.15, -0.1) is 0 Å². The zero-order chi connectivity index (χ0) is 19.2. The van der Waals surface area contributed by atoms with Crippen LogP contribution in [0.5, 0.6) is 5.75 Å². The fourth-order valence-corrected chi connectivity index (χ4v) is 3.22. The molecule has 2 atom stereocenters. The van der Waals surface area contributed by atoms with Gasteiger partial charge in [0, 0.05) is 36.2 Å². The summed E-state index contributed by atoms with van der Waals surface area (Å²) in [5, 5.41) is 20.9. The highest BCUT2D eigenvalue weighted by atomic mass is 79.9. The van der Waals surface area contributed by atoms with Crippen molar-refractivity contribution < 1.29 is 19.5 Å². The van der Waals surface area contributed by atoms with Crippen LogP contribution in [0.1, 0.15) is 11.7 Å². The van der Waals surface area contributed by atoms with Gasteiger partial charge in [0.1, 0.15) is 18.5 Å². The number of β-amino-alcohol motifs (C(OH)–C–C–N with tert-alkyl or cyclic N) is 1. The number of hydrogen-bond acceptors (Lipinski definition) is 6. The first-order valence-electron chi connectivity index (χ1n) is 8.66. The Labute approximate surface area is 165 Å². The molecule has 2 unspecified atom stereocenters. The predicted octanol–water partition coefficient (Wildman–Crippen LogP) is 3.17. The van der Waals surface area contributed by atoms with Crippen molar-refractivity contribution >= 4 is 21.6 Å². The first kappa shape index (κ1) is 19.8. The molecule has 0 aliphatic carbocycles. The summed E-state index contributed by atoms with van der Waals surface area (Å²) in [5.74, 6) is 0.495. The van der Waals surface area contributed by atoms with E-state index in [-0.39, 0.29) is 18.4 Å². The van der Waals surface area contributed by atoms with Gasteiger partial charge in [0.2, 0.25) is 0 Å². The Balaban J connectivity index is 1.47. The second kappa shape index (κ2) is 9.27. The molecule has 0 saturated carbocycles. The zero-order valence-electron chi connectivity index (χ0n) is 14.7. The van der Waals surface area contributed by atoms with Gasteiger partial charge in [-0.1, -0.05) is 28.1 Å². The summed E-state index contributed by atoms with van der Waals surface area (Å²) in [5.41, 5.74) is 1.12. The number of ether oxygens (including phenoxy) is 2. The molecule has 27 heavy (non-hydrogen) atoms. The lowest BCUT2D eigenvalue weighted by molar-refractivity contribution is -0.384. The minimum absolute atomic E-state index is 0.00944. The Kier molecular flexibility index (Phi) is 6.78. The van der Waals surface area contributed by atoms with E-state index in [1.54, 1.807) is 0 Å². The Bertz CT molecular complexity index is 754. The summed E-state index contributed by atoms with van der Waals surface area (Å²) in [4.78, 5) is 12.3. The molecule has 8 heteroatoms. The minimum atomic E-state index is -0.663. The summed E-state index contributed by atoms with van der Waals surface area (Å²) in [7, 11) is 0. The Morgan fingerprint density at radius 3 is 2.63 bits per heavy atom. The highest BCUT2D eigenvalue weighted by molar-refractivity contribution is 9.10. The Hall–Kier alpha value is -2.00. The molecule has 144 valence electrons. The normalized spacial score (nSPS) is 18.8. The second-order valence-corrected chi connectivity index (χ2v) is 7.30. The molecule has 2 aromatic rings. The molecule has 1 N–H and O–H groups in total. The highest BCUT2D eigenvalue weighted by Gasteiger charge is 2.23. The van der Waals surface area contributed by atoms with Crippen molar-refractivity contribution in [1.29, 1.82) is 0 Å². The lowest BCUT2D eigenvalue weighted by atomic mass is 10.1. The zero-order valence-corrected chi connectivity index (χ0v) is 16.2. The van der Waals surface area contributed by atoms with Crippen molar-refractivity contribution in [2.24, 2.45) is 0 Å². The number of hydrogen-bond donors (Lipinski definition) is 1. The predicted molar refractivity (Wildman–Crippen MR) is 104 cm³/mol. The van der Waals surface area contributed by atoms with Crippen molar-refractivity contribution in [1.82, 2.24) is 4.90 Å². The average molecular weight is 437 g/mol. The molecule has 1 fully saturated rings. The minimum Gasteiger partial charge on any atom is -0.491 e. The quantitative estimate of drug-likeness (QED) is 0.529. The maximum atomic E-state index is 10.7. The Morgan fingerprint density at radius 2 is 1.96 bits per heavy atom. The monoisotopic (exact) mass is 436 g/mol. The SMILES string of the molecule is O=[N+]([O-])c1ccc(OCC(O)CN2CCOC(c3ccc(Br)cc3)C2)cc1. The molecule has 0 amide bonds. The van der Waals surface area contributed by atoms with E-state index in [0.29, 0.717) is 25.4 Å². The van der Waals surface area contributed by atoms with Crippen LogP contribution in [0.3, 0.4) is 0 Å². The number of nitro benzene ring substituents is 1. The van der Waals surface area contributed by atoms with Gasteiger partial charge in [-0.2, -0.15) is 0 Å². The van der Waals surface area contributed by atoms with Crippen LogP contribution in [0, 0.1) is 10.1 Å². The van der Waals surface area contributed by atoms with E-state index < -0.39 is 11.0 Å². The second-order valence-electron chi connectivity index (χ2n) is 6.39. The number of halogens is 1. The summed E-state index contributed by atoms with van der Waals surface area (Å²) >= 11 is 3.43. The number of aliphatic hydroxyl groups excluding tert-OH is 1. The van der Waals surface area contributed by atoms with Crippen molar-refractivity contribution in [2.75, 3.05) is 32.8 Å². The third-order valence-corrected chi connectivity index (χ3v) is 4.88. The van der Waals surface area contributed by atoms with Gasteiger partial charge in [-0.3, -0.25) is 15.0 Å². The fraction of sp³-hybridized carbons (Fsp3) is 0.368. The molecule has 1 heterocycles. The van der Waals surface area contributed by atoms with E-state index in [1.165, 1.54) is 24.3 Å². The number of aliphatic hydroxyl groups is 1. The number of nitro groups is 1. The number of nitrogens with zero attached hydrogens (tertiary/aromatic N) is 2. The van der Waals surface area contributed by atoms with Gasteiger partial charge in [0.15, 0.2) is 0 Å². The lowest BCUT2D eigenvalue weighted by Gasteiger charge is -2.34. The van der Waals surface area contributed by atoms with Gasteiger partial charge < -0.3 is 14.6 Å².